The van der Waals surface area contributed by atoms with E-state index in [0.717, 1.165) is 23.4 Å². The Kier molecular flexibility index (Phi) is 3.82. The minimum atomic E-state index is 0.586. The van der Waals surface area contributed by atoms with Crippen LogP contribution in [0, 0.1) is 6.92 Å². The molecule has 4 heteroatoms. The number of pyridine rings is 1. The lowest BCUT2D eigenvalue weighted by Gasteiger charge is -2.34. The molecule has 0 spiro atoms. The topological polar surface area (TPSA) is 28.2 Å². The maximum atomic E-state index is 4.48. The minimum Gasteiger partial charge on any atom is -0.354 e. The molecule has 88 valence electrons. The number of anilines is 1. The predicted molar refractivity (Wildman–Crippen MR) is 71.0 cm³/mol. The van der Waals surface area contributed by atoms with Crippen LogP contribution in [-0.2, 0) is 0 Å². The molecule has 2 heterocycles. The second kappa shape index (κ2) is 5.15. The van der Waals surface area contributed by atoms with Crippen LogP contribution < -0.4 is 10.2 Å². The van der Waals surface area contributed by atoms with Gasteiger partial charge in [-0.1, -0.05) is 0 Å². The zero-order chi connectivity index (χ0) is 11.5. The number of rotatable bonds is 2. The highest BCUT2D eigenvalue weighted by atomic mass is 79.9. The molecule has 1 N–H and O–H groups in total. The average Bonchev–Trinajstić information content (AvgIpc) is 2.33. The van der Waals surface area contributed by atoms with Gasteiger partial charge in [0.2, 0.25) is 0 Å². The predicted octanol–water partition coefficient (Wildman–Crippen LogP) is 2.34. The van der Waals surface area contributed by atoms with Crippen molar-refractivity contribution in [2.75, 3.05) is 25.0 Å². The summed E-state index contributed by atoms with van der Waals surface area (Å²) in [7, 11) is 2.03. The van der Waals surface area contributed by atoms with E-state index in [9.17, 15) is 0 Å². The summed E-state index contributed by atoms with van der Waals surface area (Å²) in [5.74, 6) is 1.08. The standard InChI is InChI=1S/C12H18BrN3/c1-9-5-6-15-12(11(9)13)16-7-3-4-10(8-16)14-2/h5-6,10,14H,3-4,7-8H2,1-2H3. The van der Waals surface area contributed by atoms with Crippen LogP contribution in [0.4, 0.5) is 5.82 Å². The first-order valence-corrected chi connectivity index (χ1v) is 6.55. The van der Waals surface area contributed by atoms with Gasteiger partial charge in [-0.2, -0.15) is 0 Å². The van der Waals surface area contributed by atoms with Crippen LogP contribution >= 0.6 is 15.9 Å². The molecule has 0 aromatic carbocycles. The maximum absolute atomic E-state index is 4.48. The third-order valence-corrected chi connectivity index (χ3v) is 4.17. The highest BCUT2D eigenvalue weighted by molar-refractivity contribution is 9.10. The summed E-state index contributed by atoms with van der Waals surface area (Å²) < 4.78 is 1.13. The van der Waals surface area contributed by atoms with E-state index in [0.29, 0.717) is 6.04 Å². The smallest absolute Gasteiger partial charge is 0.143 e. The largest absolute Gasteiger partial charge is 0.354 e. The van der Waals surface area contributed by atoms with Crippen LogP contribution in [-0.4, -0.2) is 31.2 Å². The van der Waals surface area contributed by atoms with Gasteiger partial charge >= 0.3 is 0 Å². The molecule has 1 aromatic rings. The molecular weight excluding hydrogens is 266 g/mol. The lowest BCUT2D eigenvalue weighted by molar-refractivity contribution is 0.447. The molecule has 1 aliphatic heterocycles. The molecular formula is C12H18BrN3. The summed E-state index contributed by atoms with van der Waals surface area (Å²) in [6, 6.07) is 2.62. The van der Waals surface area contributed by atoms with Crippen molar-refractivity contribution >= 4 is 21.7 Å². The van der Waals surface area contributed by atoms with Crippen molar-refractivity contribution in [1.29, 1.82) is 0 Å². The zero-order valence-corrected chi connectivity index (χ0v) is 11.4. The van der Waals surface area contributed by atoms with Crippen LogP contribution in [0.5, 0.6) is 0 Å². The van der Waals surface area contributed by atoms with E-state index in [4.69, 9.17) is 0 Å². The van der Waals surface area contributed by atoms with Gasteiger partial charge in [-0.05, 0) is 54.4 Å². The van der Waals surface area contributed by atoms with Crippen LogP contribution in [0.2, 0.25) is 0 Å². The van der Waals surface area contributed by atoms with Gasteiger partial charge in [0.25, 0.3) is 0 Å². The van der Waals surface area contributed by atoms with E-state index in [1.807, 2.05) is 19.3 Å². The molecule has 3 nitrogen and oxygen atoms in total. The Balaban J connectivity index is 2.20. The van der Waals surface area contributed by atoms with E-state index >= 15 is 0 Å². The molecule has 1 atom stereocenters. The number of likely N-dealkylation sites (N-methyl/N-ethyl adjacent to an activating group) is 1. The van der Waals surface area contributed by atoms with Crippen molar-refractivity contribution in [2.45, 2.75) is 25.8 Å². The Labute approximate surface area is 105 Å². The van der Waals surface area contributed by atoms with E-state index in [1.54, 1.807) is 0 Å². The average molecular weight is 284 g/mol. The van der Waals surface area contributed by atoms with Crippen LogP contribution in [0.3, 0.4) is 0 Å². The third-order valence-electron chi connectivity index (χ3n) is 3.19. The first kappa shape index (κ1) is 11.9. The molecule has 0 radical (unpaired) electrons. The van der Waals surface area contributed by atoms with Gasteiger partial charge in [-0.25, -0.2) is 4.98 Å². The Morgan fingerprint density at radius 3 is 3.12 bits per heavy atom. The zero-order valence-electron chi connectivity index (χ0n) is 9.83. The minimum absolute atomic E-state index is 0.586. The van der Waals surface area contributed by atoms with Gasteiger partial charge in [0.1, 0.15) is 5.82 Å². The molecule has 16 heavy (non-hydrogen) atoms. The SMILES string of the molecule is CNC1CCCN(c2nccc(C)c2Br)C1. The fourth-order valence-electron chi connectivity index (χ4n) is 2.15. The molecule has 2 rings (SSSR count). The Bertz CT molecular complexity index is 367. The first-order valence-electron chi connectivity index (χ1n) is 5.75. The van der Waals surface area contributed by atoms with E-state index in [1.165, 1.54) is 18.4 Å². The number of halogens is 1. The summed E-state index contributed by atoms with van der Waals surface area (Å²) >= 11 is 3.63. The number of nitrogens with one attached hydrogen (secondary N) is 1. The van der Waals surface area contributed by atoms with Crippen LogP contribution in [0.25, 0.3) is 0 Å². The summed E-state index contributed by atoms with van der Waals surface area (Å²) in [6.45, 7) is 4.26. The van der Waals surface area contributed by atoms with Crippen molar-refractivity contribution in [1.82, 2.24) is 10.3 Å². The maximum Gasteiger partial charge on any atom is 0.143 e. The molecule has 0 amide bonds. The summed E-state index contributed by atoms with van der Waals surface area (Å²) in [5.41, 5.74) is 1.25. The van der Waals surface area contributed by atoms with Gasteiger partial charge in [0.05, 0.1) is 4.47 Å². The molecule has 1 aromatic heterocycles. The number of hydrogen-bond donors (Lipinski definition) is 1. The van der Waals surface area contributed by atoms with Crippen molar-refractivity contribution in [2.24, 2.45) is 0 Å². The number of piperidine rings is 1. The van der Waals surface area contributed by atoms with Crippen molar-refractivity contribution < 1.29 is 0 Å². The Morgan fingerprint density at radius 1 is 1.56 bits per heavy atom. The lowest BCUT2D eigenvalue weighted by atomic mass is 10.1. The van der Waals surface area contributed by atoms with E-state index in [-0.39, 0.29) is 0 Å². The normalized spacial score (nSPS) is 21.2. The number of aromatic nitrogens is 1. The van der Waals surface area contributed by atoms with Gasteiger partial charge < -0.3 is 10.2 Å². The van der Waals surface area contributed by atoms with Gasteiger partial charge in [-0.3, -0.25) is 0 Å². The fourth-order valence-corrected chi connectivity index (χ4v) is 2.64. The Hall–Kier alpha value is -0.610. The monoisotopic (exact) mass is 283 g/mol. The molecule has 0 saturated carbocycles. The number of aryl methyl sites for hydroxylation is 1. The van der Waals surface area contributed by atoms with Crippen LogP contribution in [0.1, 0.15) is 18.4 Å². The highest BCUT2D eigenvalue weighted by Gasteiger charge is 2.21. The Morgan fingerprint density at radius 2 is 2.38 bits per heavy atom. The van der Waals surface area contributed by atoms with Crippen molar-refractivity contribution in [3.05, 3.63) is 22.3 Å². The quantitative estimate of drug-likeness (QED) is 0.903. The molecule has 0 bridgehead atoms. The second-order valence-corrected chi connectivity index (χ2v) is 5.13. The molecule has 1 unspecified atom stereocenters. The molecule has 0 aliphatic carbocycles. The van der Waals surface area contributed by atoms with E-state index < -0.39 is 0 Å². The summed E-state index contributed by atoms with van der Waals surface area (Å²) in [4.78, 5) is 6.85. The molecule has 1 saturated heterocycles. The van der Waals surface area contributed by atoms with Gasteiger partial charge in [0, 0.05) is 25.3 Å². The number of hydrogen-bond acceptors (Lipinski definition) is 3. The van der Waals surface area contributed by atoms with Crippen molar-refractivity contribution in [3.63, 3.8) is 0 Å². The van der Waals surface area contributed by atoms with Gasteiger partial charge in [-0.15, -0.1) is 0 Å². The van der Waals surface area contributed by atoms with Crippen molar-refractivity contribution in [3.8, 4) is 0 Å². The van der Waals surface area contributed by atoms with E-state index in [2.05, 4.69) is 38.1 Å². The summed E-state index contributed by atoms with van der Waals surface area (Å²) in [6.07, 6.45) is 4.38. The first-order chi connectivity index (χ1) is 7.72. The fraction of sp³-hybridized carbons (Fsp3) is 0.583. The summed E-state index contributed by atoms with van der Waals surface area (Å²) in [5, 5.41) is 3.35. The van der Waals surface area contributed by atoms with Crippen LogP contribution in [0.15, 0.2) is 16.7 Å². The van der Waals surface area contributed by atoms with Gasteiger partial charge in [0.15, 0.2) is 0 Å². The third kappa shape index (κ3) is 2.38. The molecule has 1 fully saturated rings. The lowest BCUT2D eigenvalue weighted by Crippen LogP contribution is -2.44. The highest BCUT2D eigenvalue weighted by Crippen LogP contribution is 2.28. The second-order valence-electron chi connectivity index (χ2n) is 4.34. The number of nitrogens with zero attached hydrogens (tertiary/aromatic N) is 2. The molecule has 1 aliphatic rings.